The Kier molecular flexibility index (Phi) is 5.95. The average molecular weight is 407 g/mol. The number of nitrogens with zero attached hydrogens (tertiary/aromatic N) is 2. The summed E-state index contributed by atoms with van der Waals surface area (Å²) in [6.45, 7) is 10.8. The van der Waals surface area contributed by atoms with Crippen molar-refractivity contribution in [3.8, 4) is 0 Å². The first kappa shape index (κ1) is 21.3. The van der Waals surface area contributed by atoms with Gasteiger partial charge in [-0.3, -0.25) is 9.69 Å². The average Bonchev–Trinajstić information content (AvgIpc) is 2.90. The molecule has 0 unspecified atom stereocenters. The molecule has 1 saturated heterocycles. The Morgan fingerprint density at radius 1 is 0.966 bits per heavy atom. The van der Waals surface area contributed by atoms with Gasteiger partial charge in [0.05, 0.1) is 5.69 Å². The number of para-hydroxylation sites is 1. The predicted octanol–water partition coefficient (Wildman–Crippen LogP) is 5.71. The molecule has 0 atom stereocenters. The molecule has 0 spiro atoms. The Morgan fingerprint density at radius 3 is 2.00 bits per heavy atom. The lowest BCUT2D eigenvalue weighted by atomic mass is 9.86. The maximum absolute atomic E-state index is 13.4. The number of carbonyl (C=O) groups excluding carboxylic acids is 1. The molecule has 3 rings (SSSR count). The van der Waals surface area contributed by atoms with Crippen LogP contribution in [0.25, 0.3) is 6.08 Å². The highest BCUT2D eigenvalue weighted by Crippen LogP contribution is 2.34. The van der Waals surface area contributed by atoms with Crippen LogP contribution in [-0.2, 0) is 23.1 Å². The van der Waals surface area contributed by atoms with Crippen molar-refractivity contribution in [3.05, 3.63) is 70.4 Å². The van der Waals surface area contributed by atoms with Gasteiger partial charge in [-0.1, -0.05) is 77.1 Å². The van der Waals surface area contributed by atoms with Gasteiger partial charge in [-0.2, -0.15) is 0 Å². The third kappa shape index (κ3) is 3.99. The molecule has 0 bridgehead atoms. The highest BCUT2D eigenvalue weighted by Gasteiger charge is 2.38. The molecular formula is C25H30N2OS. The summed E-state index contributed by atoms with van der Waals surface area (Å²) >= 11 is 5.69. The molecular weight excluding hydrogens is 376 g/mol. The van der Waals surface area contributed by atoms with Crippen molar-refractivity contribution < 1.29 is 4.79 Å². The molecule has 152 valence electrons. The van der Waals surface area contributed by atoms with E-state index in [1.165, 1.54) is 5.56 Å². The van der Waals surface area contributed by atoms with Crippen LogP contribution in [-0.4, -0.2) is 23.0 Å². The van der Waals surface area contributed by atoms with Crippen molar-refractivity contribution in [2.75, 3.05) is 11.9 Å². The Morgan fingerprint density at radius 2 is 1.52 bits per heavy atom. The van der Waals surface area contributed by atoms with Crippen LogP contribution in [0.4, 0.5) is 5.69 Å². The number of hydrogen-bond donors (Lipinski definition) is 0. The van der Waals surface area contributed by atoms with Gasteiger partial charge in [0.2, 0.25) is 0 Å². The summed E-state index contributed by atoms with van der Waals surface area (Å²) in [5.74, 6) is -0.0620. The summed E-state index contributed by atoms with van der Waals surface area (Å²) in [6.07, 6.45) is 3.64. The number of benzene rings is 2. The summed E-state index contributed by atoms with van der Waals surface area (Å²) in [5, 5.41) is 0.531. The molecule has 3 nitrogen and oxygen atoms in total. The minimum absolute atomic E-state index is 0.0620. The number of rotatable bonds is 4. The fraction of sp³-hybridized carbons (Fsp3) is 0.360. The summed E-state index contributed by atoms with van der Waals surface area (Å²) in [7, 11) is 1.87. The molecule has 29 heavy (non-hydrogen) atoms. The molecule has 1 heterocycles. The molecule has 1 aliphatic rings. The SMILES string of the molecule is CCc1cccc(CC)c1N1C(=O)/C(=C\c2ccc(C(C)(C)C)cc2)N(C)C1=S. The van der Waals surface area contributed by atoms with E-state index in [0.29, 0.717) is 10.8 Å². The normalized spacial score (nSPS) is 16.3. The predicted molar refractivity (Wildman–Crippen MR) is 126 cm³/mol. The molecule has 0 radical (unpaired) electrons. The maximum atomic E-state index is 13.4. The number of amides is 1. The molecule has 2 aromatic carbocycles. The minimum Gasteiger partial charge on any atom is -0.317 e. The third-order valence-corrected chi connectivity index (χ3v) is 5.99. The second-order valence-corrected chi connectivity index (χ2v) is 8.88. The van der Waals surface area contributed by atoms with Crippen LogP contribution in [0.3, 0.4) is 0 Å². The van der Waals surface area contributed by atoms with Gasteiger partial charge >= 0.3 is 0 Å². The number of aryl methyl sites for hydroxylation is 2. The fourth-order valence-electron chi connectivity index (χ4n) is 3.69. The van der Waals surface area contributed by atoms with Crippen LogP contribution in [0.15, 0.2) is 48.2 Å². The van der Waals surface area contributed by atoms with Crippen LogP contribution in [0, 0.1) is 0 Å². The van der Waals surface area contributed by atoms with Gasteiger partial charge in [0.25, 0.3) is 5.91 Å². The molecule has 0 N–H and O–H groups in total. The quantitative estimate of drug-likeness (QED) is 0.480. The Labute approximate surface area is 180 Å². The molecule has 0 aliphatic carbocycles. The monoisotopic (exact) mass is 406 g/mol. The fourth-order valence-corrected chi connectivity index (χ4v) is 3.97. The lowest BCUT2D eigenvalue weighted by Crippen LogP contribution is -2.32. The zero-order valence-electron chi connectivity index (χ0n) is 18.2. The maximum Gasteiger partial charge on any atom is 0.281 e. The third-order valence-electron chi connectivity index (χ3n) is 5.53. The van der Waals surface area contributed by atoms with Gasteiger partial charge in [-0.15, -0.1) is 0 Å². The van der Waals surface area contributed by atoms with Crippen molar-refractivity contribution in [2.45, 2.75) is 52.9 Å². The highest BCUT2D eigenvalue weighted by atomic mass is 32.1. The van der Waals surface area contributed by atoms with Crippen molar-refractivity contribution in [2.24, 2.45) is 0 Å². The zero-order chi connectivity index (χ0) is 21.3. The summed E-state index contributed by atoms with van der Waals surface area (Å²) < 4.78 is 0. The first-order valence-corrected chi connectivity index (χ1v) is 10.6. The number of anilines is 1. The smallest absolute Gasteiger partial charge is 0.281 e. The summed E-state index contributed by atoms with van der Waals surface area (Å²) in [5.41, 5.74) is 6.21. The van der Waals surface area contributed by atoms with Gasteiger partial charge in [0, 0.05) is 7.05 Å². The van der Waals surface area contributed by atoms with E-state index < -0.39 is 0 Å². The van der Waals surface area contributed by atoms with Gasteiger partial charge in [0.1, 0.15) is 5.70 Å². The number of likely N-dealkylation sites (N-methyl/N-ethyl adjacent to an activating group) is 1. The minimum atomic E-state index is -0.0620. The lowest BCUT2D eigenvalue weighted by molar-refractivity contribution is -0.114. The van der Waals surface area contributed by atoms with E-state index in [1.807, 2.05) is 18.0 Å². The Bertz CT molecular complexity index is 945. The van der Waals surface area contributed by atoms with E-state index >= 15 is 0 Å². The molecule has 4 heteroatoms. The van der Waals surface area contributed by atoms with E-state index in [1.54, 1.807) is 4.90 Å². The summed E-state index contributed by atoms with van der Waals surface area (Å²) in [4.78, 5) is 17.0. The van der Waals surface area contributed by atoms with Crippen LogP contribution >= 0.6 is 12.2 Å². The highest BCUT2D eigenvalue weighted by molar-refractivity contribution is 7.80. The van der Waals surface area contributed by atoms with Gasteiger partial charge in [-0.05, 0) is 58.8 Å². The van der Waals surface area contributed by atoms with Crippen LogP contribution < -0.4 is 4.90 Å². The number of thiocarbonyl (C=S) groups is 1. The van der Waals surface area contributed by atoms with Crippen molar-refractivity contribution >= 4 is 35.0 Å². The molecule has 2 aromatic rings. The first-order chi connectivity index (χ1) is 13.7. The molecule has 1 amide bonds. The molecule has 1 fully saturated rings. The zero-order valence-corrected chi connectivity index (χ0v) is 19.1. The molecule has 0 aromatic heterocycles. The molecule has 0 saturated carbocycles. The Hall–Kier alpha value is -2.46. The largest absolute Gasteiger partial charge is 0.317 e. The van der Waals surface area contributed by atoms with Crippen LogP contribution in [0.1, 0.15) is 56.9 Å². The topological polar surface area (TPSA) is 23.6 Å². The van der Waals surface area contributed by atoms with Crippen molar-refractivity contribution in [1.82, 2.24) is 4.90 Å². The van der Waals surface area contributed by atoms with Crippen LogP contribution in [0.2, 0.25) is 0 Å². The second-order valence-electron chi connectivity index (χ2n) is 8.52. The van der Waals surface area contributed by atoms with E-state index in [9.17, 15) is 4.79 Å². The lowest BCUT2D eigenvalue weighted by Gasteiger charge is -2.22. The Balaban J connectivity index is 2.02. The van der Waals surface area contributed by atoms with Crippen molar-refractivity contribution in [1.29, 1.82) is 0 Å². The van der Waals surface area contributed by atoms with E-state index in [0.717, 1.165) is 35.2 Å². The van der Waals surface area contributed by atoms with Crippen LogP contribution in [0.5, 0.6) is 0 Å². The standard InChI is InChI=1S/C25H30N2OS/c1-7-18-10-9-11-19(8-2)22(18)27-23(28)21(26(6)24(27)29)16-17-12-14-20(15-13-17)25(3,4)5/h9-16H,7-8H2,1-6H3/b21-16+. The summed E-state index contributed by atoms with van der Waals surface area (Å²) in [6, 6.07) is 14.6. The first-order valence-electron chi connectivity index (χ1n) is 10.2. The van der Waals surface area contributed by atoms with E-state index in [4.69, 9.17) is 12.2 Å². The number of hydrogen-bond acceptors (Lipinski definition) is 2. The van der Waals surface area contributed by atoms with E-state index in [2.05, 4.69) is 77.1 Å². The van der Waals surface area contributed by atoms with E-state index in [-0.39, 0.29) is 11.3 Å². The van der Waals surface area contributed by atoms with Crippen molar-refractivity contribution in [3.63, 3.8) is 0 Å². The van der Waals surface area contributed by atoms with Gasteiger partial charge < -0.3 is 4.90 Å². The van der Waals surface area contributed by atoms with Gasteiger partial charge in [-0.25, -0.2) is 0 Å². The second kappa shape index (κ2) is 8.11. The van der Waals surface area contributed by atoms with Gasteiger partial charge in [0.15, 0.2) is 5.11 Å². The molecule has 1 aliphatic heterocycles. The number of carbonyl (C=O) groups is 1.